The van der Waals surface area contributed by atoms with Crippen LogP contribution >= 0.6 is 0 Å². The lowest BCUT2D eigenvalue weighted by atomic mass is 9.63. The third kappa shape index (κ3) is 1.79. The van der Waals surface area contributed by atoms with Crippen molar-refractivity contribution in [2.24, 2.45) is 10.4 Å². The molecule has 3 aliphatic rings. The van der Waals surface area contributed by atoms with Gasteiger partial charge >= 0.3 is 0 Å². The first-order valence-electron chi connectivity index (χ1n) is 7.69. The second-order valence-corrected chi connectivity index (χ2v) is 8.42. The van der Waals surface area contributed by atoms with Crippen LogP contribution in [0.15, 0.2) is 29.3 Å². The van der Waals surface area contributed by atoms with Crippen LogP contribution in [0, 0.1) is 5.41 Å². The number of benzene rings is 1. The van der Waals surface area contributed by atoms with Crippen LogP contribution in [0.2, 0.25) is 0 Å². The number of nitrogens with one attached hydrogen (secondary N) is 1. The van der Waals surface area contributed by atoms with E-state index in [0.717, 1.165) is 24.8 Å². The van der Waals surface area contributed by atoms with Gasteiger partial charge in [0.1, 0.15) is 5.54 Å². The molecule has 0 radical (unpaired) electrons. The summed E-state index contributed by atoms with van der Waals surface area (Å²) in [4.78, 5) is 4.76. The minimum absolute atomic E-state index is 0.0133. The number of aliphatic imine (C=N–C) groups is 1. The molecule has 5 heteroatoms. The summed E-state index contributed by atoms with van der Waals surface area (Å²) < 4.78 is 26.9. The number of fused-ring (bicyclic) bond motifs is 3. The molecule has 4 nitrogen and oxygen atoms in total. The maximum Gasteiger partial charge on any atom is 0.236 e. The van der Waals surface area contributed by atoms with Crippen molar-refractivity contribution in [1.29, 1.82) is 0 Å². The van der Waals surface area contributed by atoms with E-state index in [2.05, 4.69) is 16.9 Å². The van der Waals surface area contributed by atoms with Crippen molar-refractivity contribution in [2.45, 2.75) is 44.1 Å². The molecule has 21 heavy (non-hydrogen) atoms. The number of rotatable bonds is 0. The standard InChI is InChI=1S/C16H20N2O2S/c19-21(20)11-16(17-12-18-21)14-7-3-2-6-13(14)10-15(16)8-4-1-5-9-15/h2-3,6-7,12H,1,4-5,8-11H2,(H,17,18). The van der Waals surface area contributed by atoms with Gasteiger partial charge < -0.3 is 0 Å². The van der Waals surface area contributed by atoms with E-state index >= 15 is 0 Å². The van der Waals surface area contributed by atoms with Gasteiger partial charge in [0.15, 0.2) is 0 Å². The molecular weight excluding hydrogens is 284 g/mol. The van der Waals surface area contributed by atoms with Crippen molar-refractivity contribution in [3.8, 4) is 0 Å². The van der Waals surface area contributed by atoms with Gasteiger partial charge in [-0.15, -0.1) is 0 Å². The first kappa shape index (κ1) is 13.3. The Morgan fingerprint density at radius 1 is 1.10 bits per heavy atom. The minimum Gasteiger partial charge on any atom is -0.274 e. The predicted octanol–water partition coefficient (Wildman–Crippen LogP) is 2.35. The Morgan fingerprint density at radius 3 is 2.62 bits per heavy atom. The third-order valence-corrected chi connectivity index (χ3v) is 6.86. The van der Waals surface area contributed by atoms with Gasteiger partial charge in [0, 0.05) is 5.41 Å². The fourth-order valence-electron chi connectivity index (χ4n) is 4.70. The molecule has 4 rings (SSSR count). The summed E-state index contributed by atoms with van der Waals surface area (Å²) in [5, 5.41) is 0. The Balaban J connectivity index is 1.94. The van der Waals surface area contributed by atoms with E-state index in [-0.39, 0.29) is 11.2 Å². The quantitative estimate of drug-likeness (QED) is 0.800. The SMILES string of the molecule is O=S1(=O)CC2(N=CN1)c1ccccc1CC21CCCCC1. The highest BCUT2D eigenvalue weighted by Crippen LogP contribution is 2.60. The fourth-order valence-corrected chi connectivity index (χ4v) is 6.08. The fraction of sp³-hybridized carbons (Fsp3) is 0.562. The minimum atomic E-state index is -3.29. The summed E-state index contributed by atoms with van der Waals surface area (Å²) in [5.41, 5.74) is 1.83. The van der Waals surface area contributed by atoms with Crippen LogP contribution in [0.3, 0.4) is 0 Å². The number of sulfonamides is 1. The molecule has 0 bridgehead atoms. The lowest BCUT2D eigenvalue weighted by molar-refractivity contribution is 0.0991. The Hall–Kier alpha value is -1.36. The van der Waals surface area contributed by atoms with E-state index < -0.39 is 15.6 Å². The second kappa shape index (κ2) is 4.32. The van der Waals surface area contributed by atoms with E-state index in [1.165, 1.54) is 31.2 Å². The van der Waals surface area contributed by atoms with Crippen molar-refractivity contribution in [3.63, 3.8) is 0 Å². The van der Waals surface area contributed by atoms with Gasteiger partial charge in [-0.2, -0.15) is 0 Å². The molecule has 1 unspecified atom stereocenters. The molecule has 1 aromatic rings. The monoisotopic (exact) mass is 304 g/mol. The molecule has 0 aromatic heterocycles. The van der Waals surface area contributed by atoms with Crippen molar-refractivity contribution >= 4 is 16.4 Å². The summed E-state index contributed by atoms with van der Waals surface area (Å²) in [6.07, 6.45) is 8.15. The van der Waals surface area contributed by atoms with Gasteiger partial charge in [0.05, 0.1) is 12.1 Å². The zero-order valence-corrected chi connectivity index (χ0v) is 12.8. The molecule has 0 amide bonds. The Bertz CT molecular complexity index is 705. The maximum absolute atomic E-state index is 12.2. The second-order valence-electron chi connectivity index (χ2n) is 6.67. The number of hydrogen-bond acceptors (Lipinski definition) is 3. The Labute approximate surface area is 125 Å². The lowest BCUT2D eigenvalue weighted by Crippen LogP contribution is -2.52. The van der Waals surface area contributed by atoms with Crippen LogP contribution in [0.4, 0.5) is 0 Å². The average molecular weight is 304 g/mol. The van der Waals surface area contributed by atoms with Gasteiger partial charge in [-0.3, -0.25) is 9.71 Å². The maximum atomic E-state index is 12.2. The van der Waals surface area contributed by atoms with E-state index in [4.69, 9.17) is 4.99 Å². The predicted molar refractivity (Wildman–Crippen MR) is 82.8 cm³/mol. The lowest BCUT2D eigenvalue weighted by Gasteiger charge is -2.47. The van der Waals surface area contributed by atoms with Crippen molar-refractivity contribution in [1.82, 2.24) is 4.72 Å². The van der Waals surface area contributed by atoms with E-state index in [0.29, 0.717) is 0 Å². The molecule has 1 fully saturated rings. The smallest absolute Gasteiger partial charge is 0.236 e. The van der Waals surface area contributed by atoms with Crippen LogP contribution in [0.1, 0.15) is 43.2 Å². The molecule has 1 aliphatic heterocycles. The number of nitrogens with zero attached hydrogens (tertiary/aromatic N) is 1. The summed E-state index contributed by atoms with van der Waals surface area (Å²) in [6, 6.07) is 8.28. The number of hydrogen-bond donors (Lipinski definition) is 1. The molecule has 112 valence electrons. The van der Waals surface area contributed by atoms with Crippen LogP contribution in [-0.4, -0.2) is 20.5 Å². The van der Waals surface area contributed by atoms with Gasteiger partial charge in [-0.1, -0.05) is 43.5 Å². The summed E-state index contributed by atoms with van der Waals surface area (Å²) in [7, 11) is -3.29. The first-order valence-corrected chi connectivity index (χ1v) is 9.34. The molecular formula is C16H20N2O2S. The highest BCUT2D eigenvalue weighted by atomic mass is 32.2. The third-order valence-electron chi connectivity index (χ3n) is 5.60. The average Bonchev–Trinajstić information content (AvgIpc) is 2.69. The first-order chi connectivity index (χ1) is 10.1. The van der Waals surface area contributed by atoms with E-state index in [1.807, 2.05) is 12.1 Å². The van der Waals surface area contributed by atoms with E-state index in [1.54, 1.807) is 0 Å². The van der Waals surface area contributed by atoms with Crippen molar-refractivity contribution < 1.29 is 8.42 Å². The molecule has 1 aromatic carbocycles. The Morgan fingerprint density at radius 2 is 1.86 bits per heavy atom. The van der Waals surface area contributed by atoms with Gasteiger partial charge in [0.2, 0.25) is 10.0 Å². The van der Waals surface area contributed by atoms with Crippen LogP contribution in [-0.2, 0) is 22.0 Å². The van der Waals surface area contributed by atoms with Crippen LogP contribution in [0.5, 0.6) is 0 Å². The van der Waals surface area contributed by atoms with Gasteiger partial charge in [-0.25, -0.2) is 8.42 Å². The molecule has 0 saturated heterocycles. The molecule has 1 N–H and O–H groups in total. The zero-order valence-electron chi connectivity index (χ0n) is 12.0. The molecule has 2 aliphatic carbocycles. The van der Waals surface area contributed by atoms with Crippen LogP contribution in [0.25, 0.3) is 0 Å². The summed E-state index contributed by atoms with van der Waals surface area (Å²) in [5.74, 6) is 0.0908. The highest BCUT2D eigenvalue weighted by molar-refractivity contribution is 7.90. The van der Waals surface area contributed by atoms with Gasteiger partial charge in [0.25, 0.3) is 0 Å². The molecule has 1 heterocycles. The highest BCUT2D eigenvalue weighted by Gasteiger charge is 2.60. The normalized spacial score (nSPS) is 32.0. The van der Waals surface area contributed by atoms with Gasteiger partial charge in [-0.05, 0) is 30.4 Å². The Kier molecular flexibility index (Phi) is 2.74. The largest absolute Gasteiger partial charge is 0.274 e. The summed E-state index contributed by atoms with van der Waals surface area (Å²) >= 11 is 0. The van der Waals surface area contributed by atoms with E-state index in [9.17, 15) is 8.42 Å². The molecule has 2 spiro atoms. The summed E-state index contributed by atoms with van der Waals surface area (Å²) in [6.45, 7) is 0. The molecule has 1 atom stereocenters. The zero-order chi connectivity index (χ0) is 14.6. The van der Waals surface area contributed by atoms with Crippen molar-refractivity contribution in [2.75, 3.05) is 5.75 Å². The topological polar surface area (TPSA) is 58.5 Å². The van der Waals surface area contributed by atoms with Crippen molar-refractivity contribution in [3.05, 3.63) is 35.4 Å². The molecule has 1 saturated carbocycles. The van der Waals surface area contributed by atoms with Crippen LogP contribution < -0.4 is 4.72 Å².